The molecule has 3 N–H and O–H groups in total. The molecule has 2 rings (SSSR count). The number of carbonyl (C=O) groups excluding carboxylic acids is 1. The van der Waals surface area contributed by atoms with Gasteiger partial charge in [-0.05, 0) is 32.2 Å². The number of carbonyl (C=O) groups is 1. The van der Waals surface area contributed by atoms with Gasteiger partial charge in [0, 0.05) is 19.1 Å². The van der Waals surface area contributed by atoms with E-state index in [-0.39, 0.29) is 11.9 Å². The zero-order valence-corrected chi connectivity index (χ0v) is 11.4. The maximum absolute atomic E-state index is 12.1. The zero-order chi connectivity index (χ0) is 12.8. The first kappa shape index (κ1) is 13.8. The van der Waals surface area contributed by atoms with Gasteiger partial charge < -0.3 is 11.1 Å². The minimum absolute atomic E-state index is 0.0144. The molecule has 1 aliphatic carbocycles. The lowest BCUT2D eigenvalue weighted by Gasteiger charge is -2.35. The summed E-state index contributed by atoms with van der Waals surface area (Å²) in [7, 11) is 0. The van der Waals surface area contributed by atoms with E-state index >= 15 is 0 Å². The third-order valence-electron chi connectivity index (χ3n) is 4.33. The Kier molecular flexibility index (Phi) is 5.45. The van der Waals surface area contributed by atoms with Crippen molar-refractivity contribution in [1.29, 1.82) is 0 Å². The first-order chi connectivity index (χ1) is 8.83. The Balaban J connectivity index is 2.06. The maximum Gasteiger partial charge on any atom is 0.237 e. The molecule has 1 atom stereocenters. The summed E-state index contributed by atoms with van der Waals surface area (Å²) in [5.74, 6) is 0.196. The molecule has 4 heteroatoms. The van der Waals surface area contributed by atoms with Crippen molar-refractivity contribution in [2.24, 2.45) is 5.73 Å². The maximum atomic E-state index is 12.1. The summed E-state index contributed by atoms with van der Waals surface area (Å²) in [6.07, 6.45) is 9.74. The third kappa shape index (κ3) is 3.45. The molecule has 0 radical (unpaired) electrons. The third-order valence-corrected chi connectivity index (χ3v) is 4.33. The molecule has 1 saturated heterocycles. The first-order valence-electron chi connectivity index (χ1n) is 7.56. The van der Waals surface area contributed by atoms with Crippen molar-refractivity contribution in [2.75, 3.05) is 19.6 Å². The number of nitrogens with two attached hydrogens (primary N) is 1. The van der Waals surface area contributed by atoms with Gasteiger partial charge in [0.25, 0.3) is 0 Å². The Morgan fingerprint density at radius 2 is 1.89 bits per heavy atom. The van der Waals surface area contributed by atoms with Crippen LogP contribution in [0.5, 0.6) is 0 Å². The lowest BCUT2D eigenvalue weighted by molar-refractivity contribution is -0.126. The molecule has 2 fully saturated rings. The number of amides is 1. The molecule has 0 spiro atoms. The molecule has 2 aliphatic rings. The number of nitrogens with one attached hydrogen (secondary N) is 1. The molecule has 0 aromatic carbocycles. The van der Waals surface area contributed by atoms with Crippen LogP contribution in [0.1, 0.15) is 51.4 Å². The summed E-state index contributed by atoms with van der Waals surface area (Å²) in [4.78, 5) is 14.6. The van der Waals surface area contributed by atoms with Crippen LogP contribution in [0.15, 0.2) is 0 Å². The predicted octanol–water partition coefficient (Wildman–Crippen LogP) is 1.25. The highest BCUT2D eigenvalue weighted by atomic mass is 16.2. The van der Waals surface area contributed by atoms with Crippen LogP contribution in [0.3, 0.4) is 0 Å². The van der Waals surface area contributed by atoms with Crippen LogP contribution in [0.25, 0.3) is 0 Å². The molecular formula is C14H27N3O. The number of rotatable bonds is 3. The Morgan fingerprint density at radius 3 is 2.56 bits per heavy atom. The normalized spacial score (nSPS) is 28.5. The molecule has 1 heterocycles. The van der Waals surface area contributed by atoms with Crippen molar-refractivity contribution >= 4 is 5.91 Å². The van der Waals surface area contributed by atoms with Crippen molar-refractivity contribution < 1.29 is 4.79 Å². The van der Waals surface area contributed by atoms with Crippen molar-refractivity contribution in [2.45, 2.75) is 63.5 Å². The van der Waals surface area contributed by atoms with Crippen LogP contribution in [-0.4, -0.2) is 42.5 Å². The highest BCUT2D eigenvalue weighted by Gasteiger charge is 2.32. The fourth-order valence-corrected chi connectivity index (χ4v) is 3.38. The zero-order valence-electron chi connectivity index (χ0n) is 11.4. The first-order valence-corrected chi connectivity index (χ1v) is 7.56. The predicted molar refractivity (Wildman–Crippen MR) is 73.3 cm³/mol. The van der Waals surface area contributed by atoms with Crippen LogP contribution in [0.4, 0.5) is 0 Å². The summed E-state index contributed by atoms with van der Waals surface area (Å²) < 4.78 is 0. The molecule has 1 amide bonds. The molecule has 1 unspecified atom stereocenters. The largest absolute Gasteiger partial charge is 0.355 e. The molecule has 0 bridgehead atoms. The second-order valence-corrected chi connectivity index (χ2v) is 5.62. The van der Waals surface area contributed by atoms with Gasteiger partial charge in [0.15, 0.2) is 0 Å². The molecule has 0 aromatic rings. The summed E-state index contributed by atoms with van der Waals surface area (Å²) >= 11 is 0. The Morgan fingerprint density at radius 1 is 1.17 bits per heavy atom. The topological polar surface area (TPSA) is 58.4 Å². The van der Waals surface area contributed by atoms with Crippen LogP contribution in [0.2, 0.25) is 0 Å². The quantitative estimate of drug-likeness (QED) is 0.744. The van der Waals surface area contributed by atoms with Crippen LogP contribution >= 0.6 is 0 Å². The van der Waals surface area contributed by atoms with Crippen LogP contribution < -0.4 is 11.1 Å². The van der Waals surface area contributed by atoms with E-state index in [0.717, 1.165) is 25.9 Å². The summed E-state index contributed by atoms with van der Waals surface area (Å²) in [6.45, 7) is 2.47. The van der Waals surface area contributed by atoms with E-state index in [4.69, 9.17) is 5.73 Å². The average molecular weight is 253 g/mol. The minimum Gasteiger partial charge on any atom is -0.355 e. The fraction of sp³-hybridized carbons (Fsp3) is 0.929. The highest BCUT2D eigenvalue weighted by molar-refractivity contribution is 5.82. The molecule has 104 valence electrons. The van der Waals surface area contributed by atoms with E-state index in [1.165, 1.54) is 38.5 Å². The van der Waals surface area contributed by atoms with Crippen molar-refractivity contribution in [3.63, 3.8) is 0 Å². The summed E-state index contributed by atoms with van der Waals surface area (Å²) in [5.41, 5.74) is 5.69. The Hall–Kier alpha value is -0.610. The van der Waals surface area contributed by atoms with Gasteiger partial charge in [-0.25, -0.2) is 0 Å². The van der Waals surface area contributed by atoms with Crippen molar-refractivity contribution in [3.05, 3.63) is 0 Å². The molecule has 0 aromatic heterocycles. The lowest BCUT2D eigenvalue weighted by atomic mass is 10.0. The van der Waals surface area contributed by atoms with Gasteiger partial charge in [0.05, 0.1) is 6.04 Å². The van der Waals surface area contributed by atoms with Crippen LogP contribution in [-0.2, 0) is 4.79 Å². The van der Waals surface area contributed by atoms with Gasteiger partial charge in [0.1, 0.15) is 0 Å². The van der Waals surface area contributed by atoms with Gasteiger partial charge in [-0.2, -0.15) is 0 Å². The standard InChI is InChI=1S/C14H27N3O/c15-9-8-13-14(18)16-10-5-11-17(13)12-6-3-1-2-4-7-12/h12-13H,1-11,15H2,(H,16,18). The van der Waals surface area contributed by atoms with Crippen molar-refractivity contribution in [1.82, 2.24) is 10.2 Å². The summed E-state index contributed by atoms with van der Waals surface area (Å²) in [5, 5.41) is 3.03. The monoisotopic (exact) mass is 253 g/mol. The molecule has 4 nitrogen and oxygen atoms in total. The number of hydrogen-bond donors (Lipinski definition) is 2. The van der Waals surface area contributed by atoms with Gasteiger partial charge in [0.2, 0.25) is 5.91 Å². The summed E-state index contributed by atoms with van der Waals surface area (Å²) in [6, 6.07) is 0.619. The lowest BCUT2D eigenvalue weighted by Crippen LogP contribution is -2.49. The van der Waals surface area contributed by atoms with E-state index in [9.17, 15) is 4.79 Å². The highest BCUT2D eigenvalue weighted by Crippen LogP contribution is 2.25. The number of hydrogen-bond acceptors (Lipinski definition) is 3. The average Bonchev–Trinajstić information content (AvgIpc) is 2.72. The number of nitrogens with zero attached hydrogens (tertiary/aromatic N) is 1. The molecule has 18 heavy (non-hydrogen) atoms. The SMILES string of the molecule is NCCC1C(=O)NCCCN1C1CCCCCC1. The van der Waals surface area contributed by atoms with E-state index in [1.807, 2.05) is 0 Å². The smallest absolute Gasteiger partial charge is 0.237 e. The fourth-order valence-electron chi connectivity index (χ4n) is 3.38. The van der Waals surface area contributed by atoms with E-state index in [1.54, 1.807) is 0 Å². The molecular weight excluding hydrogens is 226 g/mol. The Bertz CT molecular complexity index is 262. The van der Waals surface area contributed by atoms with E-state index in [2.05, 4.69) is 10.2 Å². The Labute approximate surface area is 110 Å². The van der Waals surface area contributed by atoms with Gasteiger partial charge in [-0.3, -0.25) is 9.69 Å². The van der Waals surface area contributed by atoms with E-state index < -0.39 is 0 Å². The minimum atomic E-state index is 0.0144. The van der Waals surface area contributed by atoms with Crippen LogP contribution in [0, 0.1) is 0 Å². The van der Waals surface area contributed by atoms with E-state index in [0.29, 0.717) is 12.6 Å². The molecule has 1 aliphatic heterocycles. The second-order valence-electron chi connectivity index (χ2n) is 5.62. The molecule has 1 saturated carbocycles. The second kappa shape index (κ2) is 7.10. The van der Waals surface area contributed by atoms with Gasteiger partial charge in [-0.1, -0.05) is 25.7 Å². The van der Waals surface area contributed by atoms with Gasteiger partial charge >= 0.3 is 0 Å². The van der Waals surface area contributed by atoms with Gasteiger partial charge in [-0.15, -0.1) is 0 Å². The van der Waals surface area contributed by atoms with Crippen molar-refractivity contribution in [3.8, 4) is 0 Å².